The summed E-state index contributed by atoms with van der Waals surface area (Å²) in [6.07, 6.45) is 0. The molecule has 132 valence electrons. The minimum atomic E-state index is -0.785. The molecule has 0 unspecified atom stereocenters. The average Bonchev–Trinajstić information content (AvgIpc) is 2.62. The van der Waals surface area contributed by atoms with Crippen molar-refractivity contribution in [3.63, 3.8) is 0 Å². The summed E-state index contributed by atoms with van der Waals surface area (Å²) in [5, 5.41) is 7.21. The Bertz CT molecular complexity index is 982. The lowest BCUT2D eigenvalue weighted by molar-refractivity contribution is 0.0936. The van der Waals surface area contributed by atoms with Crippen LogP contribution in [0.1, 0.15) is 28.9 Å². The van der Waals surface area contributed by atoms with E-state index in [-0.39, 0.29) is 17.3 Å². The highest BCUT2D eigenvalue weighted by atomic mass is 19.1. The average molecular weight is 351 g/mol. The molecule has 0 bridgehead atoms. The molecule has 1 atom stereocenters. The number of anilines is 1. The first-order valence-electron chi connectivity index (χ1n) is 8.10. The van der Waals surface area contributed by atoms with Gasteiger partial charge in [0.25, 0.3) is 5.91 Å². The van der Waals surface area contributed by atoms with Gasteiger partial charge in [-0.15, -0.1) is 0 Å². The molecule has 5 nitrogen and oxygen atoms in total. The van der Waals surface area contributed by atoms with Gasteiger partial charge in [-0.1, -0.05) is 42.5 Å². The summed E-state index contributed by atoms with van der Waals surface area (Å²) in [7, 11) is 0. The van der Waals surface area contributed by atoms with Crippen LogP contribution in [0.15, 0.2) is 60.7 Å². The van der Waals surface area contributed by atoms with E-state index in [0.717, 1.165) is 22.4 Å². The van der Waals surface area contributed by atoms with E-state index in [0.29, 0.717) is 0 Å². The van der Waals surface area contributed by atoms with Crippen molar-refractivity contribution < 1.29 is 14.0 Å². The number of nitrogens with one attached hydrogen (secondary N) is 2. The molecular formula is C20H18FN3O2. The van der Waals surface area contributed by atoms with Crippen molar-refractivity contribution in [2.75, 3.05) is 5.32 Å². The second-order valence-corrected chi connectivity index (χ2v) is 5.95. The number of urea groups is 1. The first kappa shape index (κ1) is 17.4. The van der Waals surface area contributed by atoms with Crippen LogP contribution in [0.3, 0.4) is 0 Å². The lowest BCUT2D eigenvalue weighted by Gasteiger charge is -2.17. The van der Waals surface area contributed by atoms with Crippen molar-refractivity contribution >= 4 is 28.4 Å². The Morgan fingerprint density at radius 1 is 1.04 bits per heavy atom. The summed E-state index contributed by atoms with van der Waals surface area (Å²) in [5.74, 6) is -1.25. The minimum Gasteiger partial charge on any atom is -0.351 e. The zero-order chi connectivity index (χ0) is 18.7. The number of carbonyl (C=O) groups is 2. The van der Waals surface area contributed by atoms with Gasteiger partial charge in [0.1, 0.15) is 5.82 Å². The van der Waals surface area contributed by atoms with Crippen LogP contribution >= 0.6 is 0 Å². The molecule has 0 saturated heterocycles. The standard InChI is InChI=1S/C20H18FN3O2/c1-12(15-8-4-6-13-5-2-3-7-16(13)15)23-19(25)17-11-14(24-20(22)26)9-10-18(17)21/h2-12H,1H3,(H,23,25)(H3,22,24,26)/t12-/m1/s1. The van der Waals surface area contributed by atoms with E-state index < -0.39 is 17.8 Å². The fourth-order valence-electron chi connectivity index (χ4n) is 2.90. The molecule has 0 aliphatic carbocycles. The molecule has 3 amide bonds. The maximum Gasteiger partial charge on any atom is 0.316 e. The fourth-order valence-corrected chi connectivity index (χ4v) is 2.90. The summed E-state index contributed by atoms with van der Waals surface area (Å²) in [6, 6.07) is 16.3. The van der Waals surface area contributed by atoms with Crippen molar-refractivity contribution in [1.29, 1.82) is 0 Å². The molecule has 0 radical (unpaired) electrons. The molecule has 0 fully saturated rings. The maximum absolute atomic E-state index is 14.1. The molecule has 26 heavy (non-hydrogen) atoms. The third-order valence-electron chi connectivity index (χ3n) is 4.12. The number of rotatable bonds is 4. The van der Waals surface area contributed by atoms with Crippen molar-refractivity contribution in [3.8, 4) is 0 Å². The van der Waals surface area contributed by atoms with E-state index in [2.05, 4.69) is 10.6 Å². The zero-order valence-corrected chi connectivity index (χ0v) is 14.1. The van der Waals surface area contributed by atoms with Gasteiger partial charge in [-0.05, 0) is 41.5 Å². The van der Waals surface area contributed by atoms with E-state index in [1.807, 2.05) is 49.4 Å². The summed E-state index contributed by atoms with van der Waals surface area (Å²) >= 11 is 0. The van der Waals surface area contributed by atoms with E-state index in [9.17, 15) is 14.0 Å². The van der Waals surface area contributed by atoms with Crippen LogP contribution in [0.25, 0.3) is 10.8 Å². The van der Waals surface area contributed by atoms with Gasteiger partial charge in [0.15, 0.2) is 0 Å². The third kappa shape index (κ3) is 3.64. The molecule has 6 heteroatoms. The Balaban J connectivity index is 1.86. The van der Waals surface area contributed by atoms with Gasteiger partial charge in [-0.3, -0.25) is 4.79 Å². The highest BCUT2D eigenvalue weighted by Gasteiger charge is 2.17. The SMILES string of the molecule is C[C@@H](NC(=O)c1cc(NC(N)=O)ccc1F)c1cccc2ccccc12. The zero-order valence-electron chi connectivity index (χ0n) is 14.1. The van der Waals surface area contributed by atoms with Gasteiger partial charge in [0.05, 0.1) is 11.6 Å². The fraction of sp³-hybridized carbons (Fsp3) is 0.100. The van der Waals surface area contributed by atoms with Crippen molar-refractivity contribution in [3.05, 3.63) is 77.6 Å². The number of nitrogens with two attached hydrogens (primary N) is 1. The van der Waals surface area contributed by atoms with E-state index in [4.69, 9.17) is 5.73 Å². The van der Waals surface area contributed by atoms with Gasteiger partial charge in [-0.2, -0.15) is 0 Å². The predicted octanol–water partition coefficient (Wildman–Crippen LogP) is 3.96. The van der Waals surface area contributed by atoms with Crippen LogP contribution < -0.4 is 16.4 Å². The Morgan fingerprint density at radius 3 is 2.54 bits per heavy atom. The monoisotopic (exact) mass is 351 g/mol. The number of benzene rings is 3. The van der Waals surface area contributed by atoms with Crippen LogP contribution in [-0.2, 0) is 0 Å². The molecule has 0 aromatic heterocycles. The van der Waals surface area contributed by atoms with Crippen molar-refractivity contribution in [2.45, 2.75) is 13.0 Å². The first-order chi connectivity index (χ1) is 12.5. The quantitative estimate of drug-likeness (QED) is 0.665. The van der Waals surface area contributed by atoms with E-state index in [1.54, 1.807) is 0 Å². The Morgan fingerprint density at radius 2 is 1.77 bits per heavy atom. The predicted molar refractivity (Wildman–Crippen MR) is 99.4 cm³/mol. The van der Waals surface area contributed by atoms with E-state index >= 15 is 0 Å². The van der Waals surface area contributed by atoms with Gasteiger partial charge >= 0.3 is 6.03 Å². The lowest BCUT2D eigenvalue weighted by atomic mass is 9.99. The van der Waals surface area contributed by atoms with Gasteiger partial charge in [-0.25, -0.2) is 9.18 Å². The Labute approximate surface area is 150 Å². The number of halogens is 1. The van der Waals surface area contributed by atoms with Crippen LogP contribution in [0.5, 0.6) is 0 Å². The third-order valence-corrected chi connectivity index (χ3v) is 4.12. The molecule has 3 aromatic rings. The molecule has 0 heterocycles. The summed E-state index contributed by atoms with van der Waals surface area (Å²) in [5.41, 5.74) is 6.08. The largest absolute Gasteiger partial charge is 0.351 e. The minimum absolute atomic E-state index is 0.164. The van der Waals surface area contributed by atoms with Crippen LogP contribution in [0.4, 0.5) is 14.9 Å². The second-order valence-electron chi connectivity index (χ2n) is 5.95. The molecule has 0 aliphatic heterocycles. The number of hydrogen-bond donors (Lipinski definition) is 3. The van der Waals surface area contributed by atoms with Crippen LogP contribution in [0.2, 0.25) is 0 Å². The molecule has 3 rings (SSSR count). The summed E-state index contributed by atoms with van der Waals surface area (Å²) in [6.45, 7) is 1.84. The number of amides is 3. The van der Waals surface area contributed by atoms with Gasteiger partial charge in [0.2, 0.25) is 0 Å². The van der Waals surface area contributed by atoms with Gasteiger partial charge in [0, 0.05) is 5.69 Å². The second kappa shape index (κ2) is 7.23. The van der Waals surface area contributed by atoms with Crippen molar-refractivity contribution in [2.24, 2.45) is 5.73 Å². The van der Waals surface area contributed by atoms with E-state index in [1.165, 1.54) is 12.1 Å². The topological polar surface area (TPSA) is 84.2 Å². The molecule has 0 saturated carbocycles. The molecule has 0 aliphatic rings. The number of hydrogen-bond acceptors (Lipinski definition) is 2. The number of primary amides is 1. The molecule has 3 aromatic carbocycles. The highest BCUT2D eigenvalue weighted by Crippen LogP contribution is 2.24. The number of carbonyl (C=O) groups excluding carboxylic acids is 2. The van der Waals surface area contributed by atoms with Gasteiger partial charge < -0.3 is 16.4 Å². The number of fused-ring (bicyclic) bond motifs is 1. The molecule has 4 N–H and O–H groups in total. The molecule has 0 spiro atoms. The normalized spacial score (nSPS) is 11.8. The smallest absolute Gasteiger partial charge is 0.316 e. The maximum atomic E-state index is 14.1. The first-order valence-corrected chi connectivity index (χ1v) is 8.10. The highest BCUT2D eigenvalue weighted by molar-refractivity contribution is 5.97. The lowest BCUT2D eigenvalue weighted by Crippen LogP contribution is -2.28. The Kier molecular flexibility index (Phi) is 4.84. The van der Waals surface area contributed by atoms with Crippen molar-refractivity contribution in [1.82, 2.24) is 5.32 Å². The summed E-state index contributed by atoms with van der Waals surface area (Å²) in [4.78, 5) is 23.5. The van der Waals surface area contributed by atoms with Crippen LogP contribution in [0, 0.1) is 5.82 Å². The molecular weight excluding hydrogens is 333 g/mol. The Hall–Kier alpha value is -3.41. The van der Waals surface area contributed by atoms with Crippen LogP contribution in [-0.4, -0.2) is 11.9 Å². The summed E-state index contributed by atoms with van der Waals surface area (Å²) < 4.78 is 14.1.